The molecule has 0 saturated heterocycles. The molecule has 230 valence electrons. The summed E-state index contributed by atoms with van der Waals surface area (Å²) in [4.78, 5) is 11.9. The molecule has 6 rings (SSSR count). The van der Waals surface area contributed by atoms with E-state index in [1.807, 2.05) is 0 Å². The molecule has 0 aliphatic carbocycles. The summed E-state index contributed by atoms with van der Waals surface area (Å²) < 4.78 is 5.33. The number of quaternary nitrogens is 1. The van der Waals surface area contributed by atoms with E-state index in [-0.39, 0.29) is 24.0 Å². The molecule has 4 heterocycles. The lowest BCUT2D eigenvalue weighted by Gasteiger charge is -2.24. The lowest BCUT2D eigenvalue weighted by atomic mass is 10.1. The number of aromatic nitrogens is 4. The summed E-state index contributed by atoms with van der Waals surface area (Å²) >= 11 is 0. The Kier molecular flexibility index (Phi) is 10.3. The third-order valence-corrected chi connectivity index (χ3v) is 7.47. The number of rotatable bonds is 6. The van der Waals surface area contributed by atoms with Gasteiger partial charge in [-0.1, -0.05) is 71.8 Å². The van der Waals surface area contributed by atoms with Crippen molar-refractivity contribution in [1.29, 1.82) is 0 Å². The van der Waals surface area contributed by atoms with Gasteiger partial charge in [-0.15, -0.1) is 0 Å². The number of aryl methyl sites for hydroxylation is 4. The van der Waals surface area contributed by atoms with Gasteiger partial charge in [0.2, 0.25) is 0 Å². The quantitative estimate of drug-likeness (QED) is 0.190. The van der Waals surface area contributed by atoms with Crippen LogP contribution in [0.25, 0.3) is 33.8 Å². The average Bonchev–Trinajstić information content (AvgIpc) is 3.46. The van der Waals surface area contributed by atoms with Gasteiger partial charge < -0.3 is 37.8 Å². The Morgan fingerprint density at radius 2 is 0.955 bits per heavy atom. The smallest absolute Gasteiger partial charge is 0.137 e. The number of nitrogens with zero attached hydrogens (tertiary/aromatic N) is 6. The molecule has 7 heteroatoms. The molecule has 0 unspecified atom stereocenters. The van der Waals surface area contributed by atoms with E-state index in [0.29, 0.717) is 0 Å². The molecule has 0 amide bonds. The van der Waals surface area contributed by atoms with Crippen molar-refractivity contribution >= 4 is 11.3 Å². The van der Waals surface area contributed by atoms with Crippen LogP contribution < -0.4 is 24.0 Å². The molecule has 0 fully saturated rings. The number of pyridine rings is 2. The molecular formula is C37H45IN6. The SMILES string of the molecule is Cc1ccc(-c2nc3ccc(C)cn3c2CN(C)C)cc1.Cc1ccc(-c2nc3ccc(C)cn3c2C[N+](C)(C)C)cc1.[I-]. The zero-order valence-corrected chi connectivity index (χ0v) is 29.7. The minimum atomic E-state index is 0. The second kappa shape index (κ2) is 13.6. The Labute approximate surface area is 279 Å². The van der Waals surface area contributed by atoms with Crippen LogP contribution in [0.1, 0.15) is 33.6 Å². The molecule has 0 atom stereocenters. The van der Waals surface area contributed by atoms with E-state index in [1.165, 1.54) is 44.8 Å². The number of hydrogen-bond acceptors (Lipinski definition) is 3. The van der Waals surface area contributed by atoms with Crippen molar-refractivity contribution in [1.82, 2.24) is 23.7 Å². The third kappa shape index (κ3) is 7.75. The van der Waals surface area contributed by atoms with Crippen molar-refractivity contribution in [2.24, 2.45) is 0 Å². The van der Waals surface area contributed by atoms with Crippen molar-refractivity contribution in [3.63, 3.8) is 0 Å². The standard InChI is InChI=1S/C19H24N3.C18H21N3.HI/c1-14-6-9-16(10-7-14)19-17(13-22(3,4)5)21-12-15(2)8-11-18(21)20-19;1-13-5-8-15(9-6-13)18-16(12-20(3)4)21-11-14(2)7-10-17(21)19-18;/h6-12H,13H2,1-5H3;5-11H,12H2,1-4H3;1H/q+1;;/p-1. The molecule has 0 saturated carbocycles. The van der Waals surface area contributed by atoms with Crippen LogP contribution in [0.2, 0.25) is 0 Å². The Morgan fingerprint density at radius 1 is 0.568 bits per heavy atom. The minimum Gasteiger partial charge on any atom is -1.00 e. The topological polar surface area (TPSA) is 37.8 Å². The number of fused-ring (bicyclic) bond motifs is 2. The lowest BCUT2D eigenvalue weighted by Crippen LogP contribution is -3.00. The molecule has 6 nitrogen and oxygen atoms in total. The molecule has 0 bridgehead atoms. The Balaban J connectivity index is 0.000000197. The molecule has 2 aromatic carbocycles. The first-order valence-electron chi connectivity index (χ1n) is 14.9. The maximum absolute atomic E-state index is 4.89. The molecule has 4 aromatic heterocycles. The predicted octanol–water partition coefficient (Wildman–Crippen LogP) is 4.51. The molecule has 0 radical (unpaired) electrons. The van der Waals surface area contributed by atoms with Gasteiger partial charge >= 0.3 is 0 Å². The summed E-state index contributed by atoms with van der Waals surface area (Å²) in [5.74, 6) is 0. The fourth-order valence-corrected chi connectivity index (χ4v) is 5.34. The highest BCUT2D eigenvalue weighted by molar-refractivity contribution is 5.68. The van der Waals surface area contributed by atoms with Gasteiger partial charge in [0, 0.05) is 30.1 Å². The Hall–Kier alpha value is -3.53. The summed E-state index contributed by atoms with van der Waals surface area (Å²) in [7, 11) is 10.8. The Morgan fingerprint density at radius 3 is 1.36 bits per heavy atom. The lowest BCUT2D eigenvalue weighted by molar-refractivity contribution is -0.884. The van der Waals surface area contributed by atoms with Crippen molar-refractivity contribution in [3.8, 4) is 22.5 Å². The van der Waals surface area contributed by atoms with Crippen LogP contribution >= 0.6 is 0 Å². The molecular weight excluding hydrogens is 655 g/mol. The largest absolute Gasteiger partial charge is 1.00 e. The first kappa shape index (κ1) is 33.4. The van der Waals surface area contributed by atoms with Crippen LogP contribution in [0.3, 0.4) is 0 Å². The van der Waals surface area contributed by atoms with Crippen LogP contribution in [0.4, 0.5) is 0 Å². The van der Waals surface area contributed by atoms with E-state index < -0.39 is 0 Å². The van der Waals surface area contributed by atoms with E-state index in [0.717, 1.165) is 40.3 Å². The van der Waals surface area contributed by atoms with Crippen LogP contribution in [-0.2, 0) is 13.1 Å². The molecule has 44 heavy (non-hydrogen) atoms. The third-order valence-electron chi connectivity index (χ3n) is 7.47. The highest BCUT2D eigenvalue weighted by Gasteiger charge is 2.20. The molecule has 6 aromatic rings. The molecule has 0 aliphatic heterocycles. The summed E-state index contributed by atoms with van der Waals surface area (Å²) in [6.07, 6.45) is 4.35. The minimum absolute atomic E-state index is 0. The number of imidazole rings is 2. The number of benzene rings is 2. The fraction of sp³-hybridized carbons (Fsp3) is 0.297. The van der Waals surface area contributed by atoms with Gasteiger partial charge in [-0.05, 0) is 65.0 Å². The summed E-state index contributed by atoms with van der Waals surface area (Å²) in [6, 6.07) is 25.7. The van der Waals surface area contributed by atoms with E-state index in [1.54, 1.807) is 0 Å². The summed E-state index contributed by atoms with van der Waals surface area (Å²) in [5, 5.41) is 0. The molecule has 0 spiro atoms. The van der Waals surface area contributed by atoms with Gasteiger partial charge in [0.25, 0.3) is 0 Å². The van der Waals surface area contributed by atoms with Gasteiger partial charge in [-0.3, -0.25) is 4.40 Å². The molecule has 0 N–H and O–H groups in total. The first-order chi connectivity index (χ1) is 20.4. The predicted molar refractivity (Wildman–Crippen MR) is 179 cm³/mol. The van der Waals surface area contributed by atoms with Crippen LogP contribution in [0, 0.1) is 27.7 Å². The second-order valence-electron chi connectivity index (χ2n) is 13.1. The van der Waals surface area contributed by atoms with Crippen molar-refractivity contribution < 1.29 is 28.5 Å². The maximum Gasteiger partial charge on any atom is 0.137 e. The van der Waals surface area contributed by atoms with Gasteiger partial charge in [-0.2, -0.15) is 0 Å². The fourth-order valence-electron chi connectivity index (χ4n) is 5.34. The molecule has 0 aliphatic rings. The van der Waals surface area contributed by atoms with Crippen LogP contribution in [0.5, 0.6) is 0 Å². The van der Waals surface area contributed by atoms with E-state index >= 15 is 0 Å². The van der Waals surface area contributed by atoms with E-state index in [9.17, 15) is 0 Å². The normalized spacial score (nSPS) is 11.5. The summed E-state index contributed by atoms with van der Waals surface area (Å²) in [5.41, 5.74) is 14.1. The van der Waals surface area contributed by atoms with E-state index in [2.05, 4.69) is 162 Å². The van der Waals surface area contributed by atoms with Gasteiger partial charge in [0.15, 0.2) is 0 Å². The number of hydrogen-bond donors (Lipinski definition) is 0. The first-order valence-corrected chi connectivity index (χ1v) is 14.9. The summed E-state index contributed by atoms with van der Waals surface area (Å²) in [6.45, 7) is 10.3. The van der Waals surface area contributed by atoms with E-state index in [4.69, 9.17) is 9.97 Å². The van der Waals surface area contributed by atoms with Gasteiger partial charge in [0.1, 0.15) is 23.5 Å². The van der Waals surface area contributed by atoms with Crippen molar-refractivity contribution in [2.45, 2.75) is 40.8 Å². The van der Waals surface area contributed by atoms with Gasteiger partial charge in [0.05, 0.1) is 38.2 Å². The van der Waals surface area contributed by atoms with Crippen LogP contribution in [0.15, 0.2) is 85.2 Å². The zero-order valence-electron chi connectivity index (χ0n) is 27.6. The Bertz CT molecular complexity index is 1860. The zero-order chi connectivity index (χ0) is 30.9. The highest BCUT2D eigenvalue weighted by atomic mass is 127. The van der Waals surface area contributed by atoms with Crippen molar-refractivity contribution in [3.05, 3.63) is 119 Å². The maximum atomic E-state index is 4.89. The van der Waals surface area contributed by atoms with Crippen LogP contribution in [-0.4, -0.2) is 63.4 Å². The van der Waals surface area contributed by atoms with Crippen molar-refractivity contribution in [2.75, 3.05) is 35.2 Å². The highest BCUT2D eigenvalue weighted by Crippen LogP contribution is 2.28. The monoisotopic (exact) mass is 700 g/mol. The number of halogens is 1. The second-order valence-corrected chi connectivity index (χ2v) is 13.1. The average molecular weight is 701 g/mol. The van der Waals surface area contributed by atoms with Gasteiger partial charge in [-0.25, -0.2) is 9.97 Å².